The summed E-state index contributed by atoms with van der Waals surface area (Å²) in [5.41, 5.74) is 2.49. The van der Waals surface area contributed by atoms with Crippen molar-refractivity contribution in [2.75, 3.05) is 23.8 Å². The molecule has 0 bridgehead atoms. The van der Waals surface area contributed by atoms with E-state index in [1.165, 1.54) is 42.7 Å². The molecule has 2 aromatic carbocycles. The number of hydrogen-bond acceptors (Lipinski definition) is 6. The highest BCUT2D eigenvalue weighted by atomic mass is 35.5. The average molecular weight is 499 g/mol. The third kappa shape index (κ3) is 4.43. The van der Waals surface area contributed by atoms with Crippen molar-refractivity contribution in [2.45, 2.75) is 31.1 Å². The van der Waals surface area contributed by atoms with Gasteiger partial charge in [0, 0.05) is 15.7 Å². The van der Waals surface area contributed by atoms with Crippen LogP contribution in [0.4, 0.5) is 11.4 Å². The molecular weight excluding hydrogens is 474 g/mol. The molecule has 176 valence electrons. The summed E-state index contributed by atoms with van der Waals surface area (Å²) in [5.74, 6) is -0.566. The lowest BCUT2D eigenvalue weighted by Gasteiger charge is -2.19. The number of fused-ring (bicyclic) bond motifs is 1. The van der Waals surface area contributed by atoms with Gasteiger partial charge in [-0.2, -0.15) is 0 Å². The summed E-state index contributed by atoms with van der Waals surface area (Å²) < 4.78 is 9.85. The van der Waals surface area contributed by atoms with Gasteiger partial charge in [0.2, 0.25) is 6.20 Å². The first-order chi connectivity index (χ1) is 16.1. The summed E-state index contributed by atoms with van der Waals surface area (Å²) in [6, 6.07) is 13.1. The zero-order chi connectivity index (χ0) is 24.6. The average Bonchev–Trinajstić information content (AvgIpc) is 3.09. The number of carbonyl (C=O) groups excluding carboxylic acids is 2. The van der Waals surface area contributed by atoms with E-state index in [-0.39, 0.29) is 21.6 Å². The topological polar surface area (TPSA) is 71.8 Å². The van der Waals surface area contributed by atoms with Gasteiger partial charge in [0.25, 0.3) is 18.0 Å². The summed E-state index contributed by atoms with van der Waals surface area (Å²) in [6.45, 7) is 6.49. The number of nitrogens with one attached hydrogen (secondary N) is 1. The molecule has 1 aromatic heterocycles. The van der Waals surface area contributed by atoms with Crippen LogP contribution in [0.25, 0.3) is 0 Å². The van der Waals surface area contributed by atoms with E-state index in [9.17, 15) is 9.59 Å². The quantitative estimate of drug-likeness (QED) is 0.296. The van der Waals surface area contributed by atoms with Gasteiger partial charge in [0.1, 0.15) is 12.8 Å². The van der Waals surface area contributed by atoms with Gasteiger partial charge in [-0.3, -0.25) is 14.4 Å². The number of ether oxygens (including phenoxy) is 1. The maximum absolute atomic E-state index is 13.5. The number of methoxy groups -OCH3 is 1. The molecule has 0 fully saturated rings. The van der Waals surface area contributed by atoms with Crippen molar-refractivity contribution in [1.29, 1.82) is 0 Å². The van der Waals surface area contributed by atoms with E-state index in [1.54, 1.807) is 24.4 Å². The molecule has 9 heteroatoms. The third-order valence-corrected chi connectivity index (χ3v) is 6.64. The number of imide groups is 1. The van der Waals surface area contributed by atoms with Crippen LogP contribution in [-0.4, -0.2) is 26.0 Å². The Morgan fingerprint density at radius 2 is 1.65 bits per heavy atom. The van der Waals surface area contributed by atoms with E-state index >= 15 is 0 Å². The molecule has 0 atom stereocenters. The van der Waals surface area contributed by atoms with Crippen LogP contribution < -0.4 is 23.9 Å². The summed E-state index contributed by atoms with van der Waals surface area (Å²) in [6.07, 6.45) is 3.11. The van der Waals surface area contributed by atoms with Crippen molar-refractivity contribution in [2.24, 2.45) is 0 Å². The minimum atomic E-state index is -0.510. The lowest BCUT2D eigenvalue weighted by molar-refractivity contribution is -0.885. The molecule has 0 unspecified atom stereocenters. The molecule has 1 aliphatic heterocycles. The summed E-state index contributed by atoms with van der Waals surface area (Å²) in [4.78, 5) is 34.0. The van der Waals surface area contributed by atoms with Crippen LogP contribution in [-0.2, 0) is 5.41 Å². The first kappa shape index (κ1) is 23.9. The lowest BCUT2D eigenvalue weighted by Crippen LogP contribution is -2.41. The molecule has 0 radical (unpaired) electrons. The van der Waals surface area contributed by atoms with Crippen LogP contribution in [0.5, 0.6) is 5.75 Å². The van der Waals surface area contributed by atoms with Gasteiger partial charge in [-0.1, -0.05) is 44.5 Å². The summed E-state index contributed by atoms with van der Waals surface area (Å²) >= 11 is 7.72. The number of anilines is 2. The number of carbonyl (C=O) groups is 2. The molecule has 2 heterocycles. The smallest absolute Gasteiger partial charge is 0.268 e. The Labute approximate surface area is 207 Å². The highest BCUT2D eigenvalue weighted by Crippen LogP contribution is 2.39. The van der Waals surface area contributed by atoms with E-state index in [0.717, 1.165) is 9.80 Å². The maximum atomic E-state index is 13.5. The lowest BCUT2D eigenvalue weighted by atomic mass is 9.87. The third-order valence-electron chi connectivity index (χ3n) is 5.50. The maximum Gasteiger partial charge on any atom is 0.268 e. The first-order valence-corrected chi connectivity index (χ1v) is 11.7. The standard InChI is InChI=1S/C25H24ClN3O4S/c1-25(2,3)15-6-8-18(9-7-15)34-27-20-11-10-19(26)21-22(20)24(31)29(23(21)30)16-12-17(32-4)14-28(13-16)33-5/h6-14H,1-5H3/p+1. The van der Waals surface area contributed by atoms with E-state index in [0.29, 0.717) is 17.1 Å². The predicted molar refractivity (Wildman–Crippen MR) is 133 cm³/mol. The molecule has 4 rings (SSSR count). The normalized spacial score (nSPS) is 13.2. The minimum absolute atomic E-state index is 0.0605. The van der Waals surface area contributed by atoms with Crippen molar-refractivity contribution in [3.63, 3.8) is 0 Å². The SMILES string of the molecule is COc1cc(N2C(=O)c3c(Cl)ccc(NSc4ccc(C(C)(C)C)cc4)c3C2=O)c[n+](OC)c1. The Bertz CT molecular complexity index is 1250. The second kappa shape index (κ2) is 9.19. The van der Waals surface area contributed by atoms with Crippen molar-refractivity contribution < 1.29 is 23.9 Å². The van der Waals surface area contributed by atoms with Crippen molar-refractivity contribution >= 4 is 46.7 Å². The Morgan fingerprint density at radius 3 is 2.26 bits per heavy atom. The van der Waals surface area contributed by atoms with Crippen LogP contribution in [0.3, 0.4) is 0 Å². The zero-order valence-electron chi connectivity index (χ0n) is 19.5. The summed E-state index contributed by atoms with van der Waals surface area (Å²) in [7, 11) is 2.96. The molecule has 0 saturated heterocycles. The van der Waals surface area contributed by atoms with Gasteiger partial charge in [0.15, 0.2) is 5.75 Å². The van der Waals surface area contributed by atoms with Gasteiger partial charge in [-0.25, -0.2) is 4.90 Å². The predicted octanol–water partition coefficient (Wildman–Crippen LogP) is 4.91. The fourth-order valence-electron chi connectivity index (χ4n) is 3.63. The van der Waals surface area contributed by atoms with Gasteiger partial charge < -0.3 is 9.46 Å². The Kier molecular flexibility index (Phi) is 6.47. The Morgan fingerprint density at radius 1 is 0.971 bits per heavy atom. The van der Waals surface area contributed by atoms with Crippen molar-refractivity contribution in [3.8, 4) is 5.75 Å². The molecule has 0 aliphatic carbocycles. The summed E-state index contributed by atoms with van der Waals surface area (Å²) in [5, 5.41) is 0.212. The van der Waals surface area contributed by atoms with Gasteiger partial charge in [0.05, 0.1) is 28.9 Å². The highest BCUT2D eigenvalue weighted by Gasteiger charge is 2.42. The second-order valence-corrected chi connectivity index (χ2v) is 10.0. The number of nitrogens with zero attached hydrogens (tertiary/aromatic N) is 2. The number of aromatic nitrogens is 1. The van der Waals surface area contributed by atoms with Gasteiger partial charge >= 0.3 is 0 Å². The van der Waals surface area contributed by atoms with Crippen molar-refractivity contribution in [1.82, 2.24) is 0 Å². The molecule has 0 saturated carbocycles. The molecule has 7 nitrogen and oxygen atoms in total. The number of halogens is 1. The van der Waals surface area contributed by atoms with E-state index in [1.807, 2.05) is 12.1 Å². The van der Waals surface area contributed by atoms with E-state index in [4.69, 9.17) is 21.2 Å². The van der Waals surface area contributed by atoms with Crippen molar-refractivity contribution in [3.05, 3.63) is 76.6 Å². The van der Waals surface area contributed by atoms with E-state index < -0.39 is 11.8 Å². The van der Waals surface area contributed by atoms with Crippen LogP contribution in [0, 0.1) is 0 Å². The molecule has 3 aromatic rings. The van der Waals surface area contributed by atoms with Crippen LogP contribution in [0.1, 0.15) is 47.1 Å². The zero-order valence-corrected chi connectivity index (χ0v) is 21.1. The number of amides is 2. The van der Waals surface area contributed by atoms with Crippen LogP contribution in [0.15, 0.2) is 59.8 Å². The molecule has 34 heavy (non-hydrogen) atoms. The van der Waals surface area contributed by atoms with Crippen LogP contribution >= 0.6 is 23.5 Å². The minimum Gasteiger partial charge on any atom is -0.491 e. The van der Waals surface area contributed by atoms with Gasteiger partial charge in [-0.05, 0) is 47.2 Å². The second-order valence-electron chi connectivity index (χ2n) is 8.75. The Balaban J connectivity index is 1.65. The molecular formula is C25H25ClN3O4S+. The molecule has 1 aliphatic rings. The fraction of sp³-hybridized carbons (Fsp3) is 0.240. The molecule has 0 spiro atoms. The first-order valence-electron chi connectivity index (χ1n) is 10.5. The number of hydrogen-bond donors (Lipinski definition) is 1. The largest absolute Gasteiger partial charge is 0.491 e. The number of benzene rings is 2. The number of pyridine rings is 1. The fourth-order valence-corrected chi connectivity index (χ4v) is 4.54. The Hall–Kier alpha value is -3.23. The monoisotopic (exact) mass is 498 g/mol. The molecule has 1 N–H and O–H groups in total. The van der Waals surface area contributed by atoms with E-state index in [2.05, 4.69) is 37.6 Å². The van der Waals surface area contributed by atoms with Gasteiger partial charge in [-0.15, -0.1) is 0 Å². The molecule has 2 amide bonds. The highest BCUT2D eigenvalue weighted by molar-refractivity contribution is 8.00. The van der Waals surface area contributed by atoms with Crippen LogP contribution in [0.2, 0.25) is 5.02 Å². The number of rotatable bonds is 6.